The number of hydrogen-bond donors (Lipinski definition) is 1. The molecule has 2 aliphatic heterocycles. The Morgan fingerprint density at radius 2 is 1.70 bits per heavy atom. The normalized spacial score (nSPS) is 19.4. The molecule has 2 aromatic rings. The van der Waals surface area contributed by atoms with Crippen molar-refractivity contribution < 1.29 is 17.9 Å². The third-order valence-corrected chi connectivity index (χ3v) is 6.39. The van der Waals surface area contributed by atoms with E-state index < -0.39 is 15.8 Å². The molecule has 27 heavy (non-hydrogen) atoms. The number of piperidine rings is 1. The standard InChI is InChI=1S/C19H23N3O4S/c1-15-2-5-17(6-3-15)27(23,24)21-16-4-7-18(20-14-16)22-10-8-19(9-11-22)25-12-13-26-19/h2-7,14,21H,8-13H2,1H3. The van der Waals surface area contributed by atoms with Crippen molar-refractivity contribution in [1.29, 1.82) is 0 Å². The zero-order valence-corrected chi connectivity index (χ0v) is 16.0. The van der Waals surface area contributed by atoms with Gasteiger partial charge >= 0.3 is 0 Å². The average molecular weight is 389 g/mol. The molecular weight excluding hydrogens is 366 g/mol. The van der Waals surface area contributed by atoms with Crippen LogP contribution in [-0.2, 0) is 19.5 Å². The average Bonchev–Trinajstić information content (AvgIpc) is 3.11. The largest absolute Gasteiger partial charge is 0.356 e. The minimum Gasteiger partial charge on any atom is -0.356 e. The first kappa shape index (κ1) is 18.2. The maximum atomic E-state index is 12.5. The number of ether oxygens (including phenoxy) is 2. The smallest absolute Gasteiger partial charge is 0.261 e. The van der Waals surface area contributed by atoms with Crippen LogP contribution in [0.4, 0.5) is 11.5 Å². The summed E-state index contributed by atoms with van der Waals surface area (Å²) in [6, 6.07) is 10.3. The van der Waals surface area contributed by atoms with Gasteiger partial charge in [-0.2, -0.15) is 0 Å². The maximum Gasteiger partial charge on any atom is 0.261 e. The van der Waals surface area contributed by atoms with Gasteiger partial charge in [-0.1, -0.05) is 17.7 Å². The molecule has 1 aromatic carbocycles. The Morgan fingerprint density at radius 1 is 1.04 bits per heavy atom. The minimum atomic E-state index is -3.62. The zero-order valence-electron chi connectivity index (χ0n) is 15.2. The maximum absolute atomic E-state index is 12.5. The molecule has 0 aliphatic carbocycles. The summed E-state index contributed by atoms with van der Waals surface area (Å²) in [5.74, 6) is 0.404. The highest BCUT2D eigenvalue weighted by Crippen LogP contribution is 2.32. The summed E-state index contributed by atoms with van der Waals surface area (Å²) >= 11 is 0. The number of aryl methyl sites for hydroxylation is 1. The minimum absolute atomic E-state index is 0.232. The van der Waals surface area contributed by atoms with Crippen molar-refractivity contribution in [2.24, 2.45) is 0 Å². The van der Waals surface area contributed by atoms with Gasteiger partial charge < -0.3 is 14.4 Å². The SMILES string of the molecule is Cc1ccc(S(=O)(=O)Nc2ccc(N3CCC4(CC3)OCCO4)nc2)cc1. The molecule has 1 N–H and O–H groups in total. The van der Waals surface area contributed by atoms with E-state index in [1.54, 1.807) is 36.5 Å². The van der Waals surface area contributed by atoms with Crippen LogP contribution < -0.4 is 9.62 Å². The monoisotopic (exact) mass is 389 g/mol. The number of anilines is 2. The van der Waals surface area contributed by atoms with Gasteiger partial charge in [0.15, 0.2) is 5.79 Å². The number of rotatable bonds is 4. The van der Waals surface area contributed by atoms with Crippen LogP contribution in [0.3, 0.4) is 0 Å². The molecule has 3 heterocycles. The molecule has 1 spiro atoms. The van der Waals surface area contributed by atoms with Gasteiger partial charge in [-0.3, -0.25) is 4.72 Å². The molecule has 8 heteroatoms. The summed E-state index contributed by atoms with van der Waals surface area (Å²) in [6.45, 7) is 4.82. The van der Waals surface area contributed by atoms with Crippen molar-refractivity contribution in [2.45, 2.75) is 30.4 Å². The van der Waals surface area contributed by atoms with E-state index in [0.717, 1.165) is 37.3 Å². The van der Waals surface area contributed by atoms with Crippen molar-refractivity contribution in [3.63, 3.8) is 0 Å². The number of hydrogen-bond acceptors (Lipinski definition) is 6. The molecule has 2 fully saturated rings. The first-order valence-corrected chi connectivity index (χ1v) is 10.5. The molecule has 0 amide bonds. The topological polar surface area (TPSA) is 80.8 Å². The molecule has 4 rings (SSSR count). The highest BCUT2D eigenvalue weighted by atomic mass is 32.2. The van der Waals surface area contributed by atoms with E-state index >= 15 is 0 Å². The van der Waals surface area contributed by atoms with Crippen molar-refractivity contribution in [2.75, 3.05) is 35.9 Å². The Bertz CT molecular complexity index is 882. The van der Waals surface area contributed by atoms with Gasteiger partial charge in [0.1, 0.15) is 5.82 Å². The van der Waals surface area contributed by atoms with Gasteiger partial charge in [0, 0.05) is 25.9 Å². The summed E-state index contributed by atoms with van der Waals surface area (Å²) in [4.78, 5) is 6.82. The molecular formula is C19H23N3O4S. The molecule has 7 nitrogen and oxygen atoms in total. The molecule has 0 radical (unpaired) electrons. The van der Waals surface area contributed by atoms with E-state index in [0.29, 0.717) is 18.9 Å². The highest BCUT2D eigenvalue weighted by molar-refractivity contribution is 7.92. The van der Waals surface area contributed by atoms with Crippen molar-refractivity contribution >= 4 is 21.5 Å². The molecule has 0 bridgehead atoms. The van der Waals surface area contributed by atoms with Crippen molar-refractivity contribution in [3.8, 4) is 0 Å². The van der Waals surface area contributed by atoms with Crippen molar-refractivity contribution in [3.05, 3.63) is 48.2 Å². The van der Waals surface area contributed by atoms with Crippen LogP contribution in [0.1, 0.15) is 18.4 Å². The molecule has 0 saturated carbocycles. The summed E-state index contributed by atoms with van der Waals surface area (Å²) < 4.78 is 39.0. The Hall–Kier alpha value is -2.16. The summed E-state index contributed by atoms with van der Waals surface area (Å²) in [5.41, 5.74) is 1.45. The van der Waals surface area contributed by atoms with Gasteiger partial charge in [0.05, 0.1) is 30.0 Å². The second-order valence-corrected chi connectivity index (χ2v) is 8.60. The Morgan fingerprint density at radius 3 is 2.30 bits per heavy atom. The predicted molar refractivity (Wildman–Crippen MR) is 102 cm³/mol. The fraction of sp³-hybridized carbons (Fsp3) is 0.421. The van der Waals surface area contributed by atoms with Crippen LogP contribution >= 0.6 is 0 Å². The van der Waals surface area contributed by atoms with E-state index in [4.69, 9.17) is 9.47 Å². The van der Waals surface area contributed by atoms with Crippen LogP contribution in [0.25, 0.3) is 0 Å². The van der Waals surface area contributed by atoms with Crippen LogP contribution in [0, 0.1) is 6.92 Å². The van der Waals surface area contributed by atoms with E-state index in [-0.39, 0.29) is 4.90 Å². The van der Waals surface area contributed by atoms with E-state index in [9.17, 15) is 8.42 Å². The quantitative estimate of drug-likeness (QED) is 0.866. The lowest BCUT2D eigenvalue weighted by Gasteiger charge is -2.38. The van der Waals surface area contributed by atoms with Crippen molar-refractivity contribution in [1.82, 2.24) is 4.98 Å². The lowest BCUT2D eigenvalue weighted by atomic mass is 10.0. The molecule has 0 atom stereocenters. The number of pyridine rings is 1. The van der Waals surface area contributed by atoms with Crippen LogP contribution in [-0.4, -0.2) is 45.5 Å². The fourth-order valence-electron chi connectivity index (χ4n) is 3.43. The first-order chi connectivity index (χ1) is 13.0. The zero-order chi connectivity index (χ0) is 18.9. The number of sulfonamides is 1. The highest BCUT2D eigenvalue weighted by Gasteiger charge is 2.39. The van der Waals surface area contributed by atoms with Gasteiger partial charge in [0.2, 0.25) is 0 Å². The number of benzene rings is 1. The molecule has 0 unspecified atom stereocenters. The second-order valence-electron chi connectivity index (χ2n) is 6.92. The number of nitrogens with zero attached hydrogens (tertiary/aromatic N) is 2. The summed E-state index contributed by atoms with van der Waals surface area (Å²) in [7, 11) is -3.62. The van der Waals surface area contributed by atoms with E-state index in [2.05, 4.69) is 14.6 Å². The molecule has 144 valence electrons. The van der Waals surface area contributed by atoms with Crippen LogP contribution in [0.5, 0.6) is 0 Å². The second kappa shape index (κ2) is 7.10. The van der Waals surface area contributed by atoms with E-state index in [1.807, 2.05) is 13.0 Å². The fourth-order valence-corrected chi connectivity index (χ4v) is 4.47. The first-order valence-electron chi connectivity index (χ1n) is 9.04. The van der Waals surface area contributed by atoms with Gasteiger partial charge in [0.25, 0.3) is 10.0 Å². The van der Waals surface area contributed by atoms with Crippen LogP contribution in [0.15, 0.2) is 47.5 Å². The number of nitrogens with one attached hydrogen (secondary N) is 1. The number of aromatic nitrogens is 1. The van der Waals surface area contributed by atoms with Gasteiger partial charge in [-0.25, -0.2) is 13.4 Å². The third-order valence-electron chi connectivity index (χ3n) is 4.99. The lowest BCUT2D eigenvalue weighted by molar-refractivity contribution is -0.169. The van der Waals surface area contributed by atoms with Gasteiger partial charge in [-0.15, -0.1) is 0 Å². The summed E-state index contributed by atoms with van der Waals surface area (Å²) in [6.07, 6.45) is 3.15. The predicted octanol–water partition coefficient (Wildman–Crippen LogP) is 2.53. The Labute approximate surface area is 159 Å². The third kappa shape index (κ3) is 3.92. The molecule has 2 saturated heterocycles. The van der Waals surface area contributed by atoms with Gasteiger partial charge in [-0.05, 0) is 31.2 Å². The molecule has 2 aliphatic rings. The molecule has 1 aromatic heterocycles. The van der Waals surface area contributed by atoms with E-state index in [1.165, 1.54) is 0 Å². The van der Waals surface area contributed by atoms with Crippen LogP contribution in [0.2, 0.25) is 0 Å². The Balaban J connectivity index is 1.41. The Kier molecular flexibility index (Phi) is 4.79. The summed E-state index contributed by atoms with van der Waals surface area (Å²) in [5, 5.41) is 0. The lowest BCUT2D eigenvalue weighted by Crippen LogP contribution is -2.45.